The zero-order valence-electron chi connectivity index (χ0n) is 8.55. The van der Waals surface area contributed by atoms with Crippen molar-refractivity contribution in [2.45, 2.75) is 18.9 Å². The first-order valence-electron chi connectivity index (χ1n) is 4.14. The summed E-state index contributed by atoms with van der Waals surface area (Å²) in [6.45, 7) is 0.777. The van der Waals surface area contributed by atoms with E-state index in [2.05, 4.69) is 5.16 Å². The van der Waals surface area contributed by atoms with Gasteiger partial charge in [0, 0.05) is 18.9 Å². The molecule has 0 aromatic rings. The van der Waals surface area contributed by atoms with Crippen LogP contribution in [-0.2, 0) is 4.79 Å². The summed E-state index contributed by atoms with van der Waals surface area (Å²) in [7, 11) is 1.08. The number of nitro groups is 1. The molecule has 0 heterocycles. The number of halogens is 2. The number of oxime groups is 1. The smallest absolute Gasteiger partial charge is 0.274 e. The molecule has 0 radical (unpaired) electrons. The fraction of sp³-hybridized carbons (Fsp3) is 0.714. The first-order chi connectivity index (χ1) is 7.31. The molecule has 16 heavy (non-hydrogen) atoms. The number of rotatable bonds is 5. The van der Waals surface area contributed by atoms with Gasteiger partial charge in [0.2, 0.25) is 5.91 Å². The van der Waals surface area contributed by atoms with Crippen LogP contribution in [0, 0.1) is 16.0 Å². The normalized spacial score (nSPS) is 17.1. The van der Waals surface area contributed by atoms with Crippen LogP contribution in [0.25, 0.3) is 0 Å². The maximum absolute atomic E-state index is 12.6. The molecule has 0 saturated heterocycles. The van der Waals surface area contributed by atoms with Gasteiger partial charge in [-0.15, -0.1) is 0 Å². The van der Waals surface area contributed by atoms with E-state index >= 15 is 0 Å². The van der Waals surface area contributed by atoms with Crippen LogP contribution >= 0.6 is 0 Å². The van der Waals surface area contributed by atoms with Crippen molar-refractivity contribution in [1.29, 1.82) is 0 Å². The van der Waals surface area contributed by atoms with Crippen molar-refractivity contribution >= 4 is 12.1 Å². The van der Waals surface area contributed by atoms with Crippen molar-refractivity contribution in [1.82, 2.24) is 5.32 Å². The summed E-state index contributed by atoms with van der Waals surface area (Å²) in [6.07, 6.45) is -2.95. The lowest BCUT2D eigenvalue weighted by Gasteiger charge is -2.24. The fourth-order valence-electron chi connectivity index (χ4n) is 1.15. The summed E-state index contributed by atoms with van der Waals surface area (Å²) in [5.74, 6) is -3.43. The predicted octanol–water partition coefficient (Wildman–Crippen LogP) is 0.109. The summed E-state index contributed by atoms with van der Waals surface area (Å²) in [5.41, 5.74) is -2.47. The Kier molecular flexibility index (Phi) is 4.73. The third kappa shape index (κ3) is 2.61. The average molecular weight is 239 g/mol. The Morgan fingerprint density at radius 1 is 1.69 bits per heavy atom. The van der Waals surface area contributed by atoms with E-state index in [4.69, 9.17) is 5.21 Å². The number of amides is 1. The summed E-state index contributed by atoms with van der Waals surface area (Å²) < 4.78 is 25.2. The fourth-order valence-corrected chi connectivity index (χ4v) is 1.15. The van der Waals surface area contributed by atoms with E-state index in [9.17, 15) is 23.7 Å². The lowest BCUT2D eigenvalue weighted by Crippen LogP contribution is -2.53. The van der Waals surface area contributed by atoms with Crippen molar-refractivity contribution in [2.24, 2.45) is 11.1 Å². The van der Waals surface area contributed by atoms with E-state index in [0.717, 1.165) is 14.0 Å². The van der Waals surface area contributed by atoms with Crippen LogP contribution in [0.1, 0.15) is 6.92 Å². The molecule has 0 spiro atoms. The molecule has 1 amide bonds. The summed E-state index contributed by atoms with van der Waals surface area (Å²) in [5, 5.41) is 23.2. The Morgan fingerprint density at radius 2 is 2.19 bits per heavy atom. The number of alkyl halides is 2. The maximum atomic E-state index is 12.6. The van der Waals surface area contributed by atoms with Gasteiger partial charge in [0.25, 0.3) is 12.0 Å². The molecule has 2 N–H and O–H groups in total. The van der Waals surface area contributed by atoms with Crippen molar-refractivity contribution in [2.75, 3.05) is 7.05 Å². The van der Waals surface area contributed by atoms with Gasteiger partial charge in [0.15, 0.2) is 5.92 Å². The van der Waals surface area contributed by atoms with E-state index < -0.39 is 28.7 Å². The summed E-state index contributed by atoms with van der Waals surface area (Å²) in [4.78, 5) is 20.7. The van der Waals surface area contributed by atoms with Gasteiger partial charge in [-0.25, -0.2) is 8.78 Å². The minimum Gasteiger partial charge on any atom is -0.411 e. The molecule has 0 bridgehead atoms. The van der Waals surface area contributed by atoms with Gasteiger partial charge < -0.3 is 10.5 Å². The Bertz CT molecular complexity index is 310. The molecule has 0 saturated carbocycles. The van der Waals surface area contributed by atoms with E-state index in [0.29, 0.717) is 6.21 Å². The van der Waals surface area contributed by atoms with Crippen molar-refractivity contribution < 1.29 is 23.7 Å². The number of hydrogen-bond donors (Lipinski definition) is 2. The van der Waals surface area contributed by atoms with Gasteiger partial charge in [-0.2, -0.15) is 0 Å². The highest BCUT2D eigenvalue weighted by atomic mass is 19.3. The average Bonchev–Trinajstić information content (AvgIpc) is 2.17. The largest absolute Gasteiger partial charge is 0.411 e. The quantitative estimate of drug-likeness (QED) is 0.307. The zero-order chi connectivity index (χ0) is 12.9. The van der Waals surface area contributed by atoms with Crippen molar-refractivity contribution in [3.63, 3.8) is 0 Å². The Labute approximate surface area is 89.3 Å². The van der Waals surface area contributed by atoms with Gasteiger partial charge >= 0.3 is 0 Å². The molecule has 0 aromatic heterocycles. The van der Waals surface area contributed by atoms with Crippen LogP contribution in [0.5, 0.6) is 0 Å². The van der Waals surface area contributed by atoms with Crippen molar-refractivity contribution in [3.8, 4) is 0 Å². The first-order valence-corrected chi connectivity index (χ1v) is 4.14. The molecule has 0 rings (SSSR count). The van der Waals surface area contributed by atoms with E-state index in [1.54, 1.807) is 0 Å². The minimum absolute atomic E-state index is 0.305. The second-order valence-electron chi connectivity index (χ2n) is 3.15. The standard InChI is InChI=1S/C7H11F2N3O4/c1-7(3-11-14,12(15)16)4(5(8)9)6(13)10-2/h3-5,14H,1-2H3,(H,10,13). The SMILES string of the molecule is CNC(=O)C(C(F)F)C(C)(C=NO)[N+](=O)[O-]. The monoisotopic (exact) mass is 239 g/mol. The number of nitrogens with zero attached hydrogens (tertiary/aromatic N) is 2. The van der Waals surface area contributed by atoms with E-state index in [1.807, 2.05) is 5.32 Å². The second-order valence-corrected chi connectivity index (χ2v) is 3.15. The molecule has 0 aliphatic carbocycles. The van der Waals surface area contributed by atoms with Gasteiger partial charge in [0.05, 0.1) is 0 Å². The maximum Gasteiger partial charge on any atom is 0.274 e. The number of hydrogen-bond acceptors (Lipinski definition) is 5. The molecule has 2 atom stereocenters. The van der Waals surface area contributed by atoms with Gasteiger partial charge in [-0.1, -0.05) is 5.16 Å². The van der Waals surface area contributed by atoms with Crippen LogP contribution in [0.2, 0.25) is 0 Å². The van der Waals surface area contributed by atoms with Gasteiger partial charge in [0.1, 0.15) is 6.21 Å². The summed E-state index contributed by atoms with van der Waals surface area (Å²) in [6, 6.07) is 0. The lowest BCUT2D eigenvalue weighted by molar-refractivity contribution is -0.551. The zero-order valence-corrected chi connectivity index (χ0v) is 8.55. The topological polar surface area (TPSA) is 105 Å². The Morgan fingerprint density at radius 3 is 2.44 bits per heavy atom. The summed E-state index contributed by atoms with van der Waals surface area (Å²) >= 11 is 0. The number of carbonyl (C=O) groups is 1. The highest BCUT2D eigenvalue weighted by Crippen LogP contribution is 2.26. The van der Waals surface area contributed by atoms with Crippen molar-refractivity contribution in [3.05, 3.63) is 10.1 Å². The Hall–Kier alpha value is -1.80. The van der Waals surface area contributed by atoms with E-state index in [-0.39, 0.29) is 0 Å². The molecule has 92 valence electrons. The number of nitrogens with one attached hydrogen (secondary N) is 1. The molecule has 0 aromatic carbocycles. The van der Waals surface area contributed by atoms with Crippen LogP contribution in [0.3, 0.4) is 0 Å². The third-order valence-corrected chi connectivity index (χ3v) is 2.12. The highest BCUT2D eigenvalue weighted by Gasteiger charge is 2.54. The molecule has 0 aliphatic rings. The van der Waals surface area contributed by atoms with Crippen LogP contribution in [-0.4, -0.2) is 41.3 Å². The number of carbonyl (C=O) groups excluding carboxylic acids is 1. The van der Waals surface area contributed by atoms with Gasteiger partial charge in [-0.05, 0) is 0 Å². The first kappa shape index (κ1) is 14.2. The molecule has 0 fully saturated rings. The molecular weight excluding hydrogens is 228 g/mol. The molecule has 2 unspecified atom stereocenters. The predicted molar refractivity (Wildman–Crippen MR) is 49.2 cm³/mol. The molecule has 0 aliphatic heterocycles. The van der Waals surface area contributed by atoms with Crippen LogP contribution < -0.4 is 5.32 Å². The minimum atomic E-state index is -3.26. The van der Waals surface area contributed by atoms with Crippen LogP contribution in [0.4, 0.5) is 8.78 Å². The highest BCUT2D eigenvalue weighted by molar-refractivity contribution is 5.85. The lowest BCUT2D eigenvalue weighted by atomic mass is 9.86. The third-order valence-electron chi connectivity index (χ3n) is 2.12. The van der Waals surface area contributed by atoms with Gasteiger partial charge in [-0.3, -0.25) is 14.9 Å². The van der Waals surface area contributed by atoms with E-state index in [1.165, 1.54) is 0 Å². The Balaban J connectivity index is 5.44. The second kappa shape index (κ2) is 5.33. The molecule has 7 nitrogen and oxygen atoms in total. The molecular formula is C7H11F2N3O4. The van der Waals surface area contributed by atoms with Crippen LogP contribution in [0.15, 0.2) is 5.16 Å². The molecule has 9 heteroatoms.